The summed E-state index contributed by atoms with van der Waals surface area (Å²) in [6.45, 7) is 6.59. The second-order valence-electron chi connectivity index (χ2n) is 5.36. The Morgan fingerprint density at radius 1 is 1.37 bits per heavy atom. The van der Waals surface area contributed by atoms with Gasteiger partial charge in [0.1, 0.15) is 0 Å². The maximum atomic E-state index is 5.81. The van der Waals surface area contributed by atoms with Crippen molar-refractivity contribution in [3.63, 3.8) is 0 Å². The van der Waals surface area contributed by atoms with Crippen LogP contribution in [-0.4, -0.2) is 33.0 Å². The molecule has 106 valence electrons. The molecule has 3 nitrogen and oxygen atoms in total. The minimum Gasteiger partial charge on any atom is -0.377 e. The van der Waals surface area contributed by atoms with E-state index in [1.165, 1.54) is 23.1 Å². The van der Waals surface area contributed by atoms with Gasteiger partial charge in [-0.3, -0.25) is 0 Å². The first-order valence-corrected chi connectivity index (χ1v) is 7.14. The molecule has 0 spiro atoms. The van der Waals surface area contributed by atoms with Crippen LogP contribution in [0, 0.1) is 13.8 Å². The zero-order valence-electron chi connectivity index (χ0n) is 12.2. The van der Waals surface area contributed by atoms with Crippen molar-refractivity contribution in [2.24, 2.45) is 0 Å². The van der Waals surface area contributed by atoms with E-state index in [-0.39, 0.29) is 6.04 Å². The first kappa shape index (κ1) is 14.5. The van der Waals surface area contributed by atoms with E-state index in [9.17, 15) is 0 Å². The molecule has 1 N–H and O–H groups in total. The summed E-state index contributed by atoms with van der Waals surface area (Å²) in [4.78, 5) is 0. The lowest BCUT2D eigenvalue weighted by Crippen LogP contribution is -2.24. The monoisotopic (exact) mass is 263 g/mol. The molecule has 0 aromatic heterocycles. The van der Waals surface area contributed by atoms with E-state index >= 15 is 0 Å². The molecule has 1 aromatic rings. The van der Waals surface area contributed by atoms with Gasteiger partial charge in [-0.1, -0.05) is 18.2 Å². The van der Waals surface area contributed by atoms with Crippen LogP contribution in [0.5, 0.6) is 0 Å². The van der Waals surface area contributed by atoms with Gasteiger partial charge in [0, 0.05) is 6.61 Å². The van der Waals surface area contributed by atoms with Crippen molar-refractivity contribution in [3.05, 3.63) is 34.9 Å². The topological polar surface area (TPSA) is 30.5 Å². The second kappa shape index (κ2) is 7.04. The Morgan fingerprint density at radius 2 is 2.21 bits per heavy atom. The predicted octanol–water partition coefficient (Wildman–Crippen LogP) is 2.76. The third-order valence-corrected chi connectivity index (χ3v) is 3.89. The van der Waals surface area contributed by atoms with Gasteiger partial charge in [-0.15, -0.1) is 0 Å². The summed E-state index contributed by atoms with van der Waals surface area (Å²) in [6.07, 6.45) is 2.60. The highest BCUT2D eigenvalue weighted by molar-refractivity contribution is 5.31. The van der Waals surface area contributed by atoms with Crippen molar-refractivity contribution in [1.82, 2.24) is 5.32 Å². The lowest BCUT2D eigenvalue weighted by atomic mass is 10.0. The second-order valence-corrected chi connectivity index (χ2v) is 5.36. The standard InChI is InChI=1S/C16H25NO2/c1-12-6-7-14(9-13(12)2)16(17-3)11-18-10-15-5-4-8-19-15/h6-7,9,15-17H,4-5,8,10-11H2,1-3H3. The predicted molar refractivity (Wildman–Crippen MR) is 77.5 cm³/mol. The van der Waals surface area contributed by atoms with Gasteiger partial charge in [0.05, 0.1) is 25.4 Å². The van der Waals surface area contributed by atoms with E-state index in [2.05, 4.69) is 37.4 Å². The third kappa shape index (κ3) is 4.03. The van der Waals surface area contributed by atoms with Crippen molar-refractivity contribution in [2.75, 3.05) is 26.9 Å². The largest absolute Gasteiger partial charge is 0.377 e. The molecule has 2 unspecified atom stereocenters. The Hall–Kier alpha value is -0.900. The van der Waals surface area contributed by atoms with Gasteiger partial charge in [0.2, 0.25) is 0 Å². The zero-order valence-corrected chi connectivity index (χ0v) is 12.2. The lowest BCUT2D eigenvalue weighted by Gasteiger charge is -2.19. The van der Waals surface area contributed by atoms with Crippen molar-refractivity contribution in [1.29, 1.82) is 0 Å². The van der Waals surface area contributed by atoms with Crippen LogP contribution in [0.4, 0.5) is 0 Å². The molecule has 2 rings (SSSR count). The van der Waals surface area contributed by atoms with Crippen molar-refractivity contribution < 1.29 is 9.47 Å². The van der Waals surface area contributed by atoms with Gasteiger partial charge >= 0.3 is 0 Å². The van der Waals surface area contributed by atoms with Crippen molar-refractivity contribution in [2.45, 2.75) is 38.8 Å². The minimum atomic E-state index is 0.251. The summed E-state index contributed by atoms with van der Waals surface area (Å²) < 4.78 is 11.4. The molecule has 0 radical (unpaired) electrons. The van der Waals surface area contributed by atoms with Crippen LogP contribution in [0.15, 0.2) is 18.2 Å². The quantitative estimate of drug-likeness (QED) is 0.856. The van der Waals surface area contributed by atoms with E-state index in [0.717, 1.165) is 13.0 Å². The number of nitrogens with one attached hydrogen (secondary N) is 1. The van der Waals surface area contributed by atoms with Crippen LogP contribution >= 0.6 is 0 Å². The zero-order chi connectivity index (χ0) is 13.7. The molecule has 1 fully saturated rings. The van der Waals surface area contributed by atoms with Gasteiger partial charge < -0.3 is 14.8 Å². The van der Waals surface area contributed by atoms with E-state index in [1.54, 1.807) is 0 Å². The molecule has 1 aliphatic rings. The number of hydrogen-bond acceptors (Lipinski definition) is 3. The summed E-state index contributed by atoms with van der Waals surface area (Å²) in [5, 5.41) is 3.32. The van der Waals surface area contributed by atoms with Crippen LogP contribution in [0.25, 0.3) is 0 Å². The molecule has 0 saturated carbocycles. The van der Waals surface area contributed by atoms with Gasteiger partial charge in [-0.2, -0.15) is 0 Å². The number of hydrogen-bond donors (Lipinski definition) is 1. The summed E-state index contributed by atoms with van der Waals surface area (Å²) in [7, 11) is 1.98. The Kier molecular flexibility index (Phi) is 5.37. The molecular formula is C16H25NO2. The molecule has 1 heterocycles. The Balaban J connectivity index is 1.86. The van der Waals surface area contributed by atoms with Gasteiger partial charge in [0.25, 0.3) is 0 Å². The van der Waals surface area contributed by atoms with E-state index in [1.807, 2.05) is 7.05 Å². The van der Waals surface area contributed by atoms with Gasteiger partial charge in [-0.25, -0.2) is 0 Å². The Morgan fingerprint density at radius 3 is 2.84 bits per heavy atom. The summed E-state index contributed by atoms with van der Waals surface area (Å²) >= 11 is 0. The smallest absolute Gasteiger partial charge is 0.0809 e. The fourth-order valence-corrected chi connectivity index (χ4v) is 2.42. The molecule has 2 atom stereocenters. The average molecular weight is 263 g/mol. The average Bonchev–Trinajstić information content (AvgIpc) is 2.91. The Labute approximate surface area is 116 Å². The van der Waals surface area contributed by atoms with E-state index < -0.39 is 0 Å². The summed E-state index contributed by atoms with van der Waals surface area (Å²) in [6, 6.07) is 6.85. The molecular weight excluding hydrogens is 238 g/mol. The first-order chi connectivity index (χ1) is 9.20. The van der Waals surface area contributed by atoms with Crippen molar-refractivity contribution in [3.8, 4) is 0 Å². The molecule has 1 aromatic carbocycles. The van der Waals surface area contributed by atoms with Gasteiger partial charge in [0.15, 0.2) is 0 Å². The fraction of sp³-hybridized carbons (Fsp3) is 0.625. The lowest BCUT2D eigenvalue weighted by molar-refractivity contribution is 0.0105. The van der Waals surface area contributed by atoms with Crippen molar-refractivity contribution >= 4 is 0 Å². The third-order valence-electron chi connectivity index (χ3n) is 3.89. The highest BCUT2D eigenvalue weighted by atomic mass is 16.5. The fourth-order valence-electron chi connectivity index (χ4n) is 2.42. The van der Waals surface area contributed by atoms with Crippen LogP contribution in [0.2, 0.25) is 0 Å². The molecule has 1 aliphatic heterocycles. The minimum absolute atomic E-state index is 0.251. The van der Waals surface area contributed by atoms with Crippen LogP contribution < -0.4 is 5.32 Å². The van der Waals surface area contributed by atoms with E-state index in [4.69, 9.17) is 9.47 Å². The highest BCUT2D eigenvalue weighted by Gasteiger charge is 2.17. The van der Waals surface area contributed by atoms with Crippen LogP contribution in [0.3, 0.4) is 0 Å². The number of likely N-dealkylation sites (N-methyl/N-ethyl adjacent to an activating group) is 1. The maximum absolute atomic E-state index is 5.81. The van der Waals surface area contributed by atoms with Crippen LogP contribution in [-0.2, 0) is 9.47 Å². The first-order valence-electron chi connectivity index (χ1n) is 7.14. The molecule has 1 saturated heterocycles. The molecule has 19 heavy (non-hydrogen) atoms. The highest BCUT2D eigenvalue weighted by Crippen LogP contribution is 2.18. The molecule has 0 amide bonds. The number of aryl methyl sites for hydroxylation is 2. The number of benzene rings is 1. The summed E-state index contributed by atoms with van der Waals surface area (Å²) in [5.41, 5.74) is 3.95. The summed E-state index contributed by atoms with van der Waals surface area (Å²) in [5.74, 6) is 0. The SMILES string of the molecule is CNC(COCC1CCCO1)c1ccc(C)c(C)c1. The molecule has 0 aliphatic carbocycles. The van der Waals surface area contributed by atoms with Gasteiger partial charge in [-0.05, 0) is 50.4 Å². The normalized spacial score (nSPS) is 20.7. The van der Waals surface area contributed by atoms with E-state index in [0.29, 0.717) is 19.3 Å². The molecule has 3 heteroatoms. The Bertz CT molecular complexity index is 400. The number of ether oxygens (including phenoxy) is 2. The maximum Gasteiger partial charge on any atom is 0.0809 e. The number of rotatable bonds is 6. The molecule has 0 bridgehead atoms. The van der Waals surface area contributed by atoms with Crippen LogP contribution in [0.1, 0.15) is 35.6 Å².